The van der Waals surface area contributed by atoms with E-state index < -0.39 is 15.9 Å². The molecule has 0 radical (unpaired) electrons. The minimum absolute atomic E-state index is 0.113. The fourth-order valence-electron chi connectivity index (χ4n) is 1.12. The van der Waals surface area contributed by atoms with E-state index in [1.54, 1.807) is 12.1 Å². The van der Waals surface area contributed by atoms with Crippen molar-refractivity contribution in [3.63, 3.8) is 0 Å². The topological polar surface area (TPSA) is 67.3 Å². The molecule has 2 heterocycles. The van der Waals surface area contributed by atoms with Crippen molar-refractivity contribution in [2.45, 2.75) is 0 Å². The van der Waals surface area contributed by atoms with Gasteiger partial charge in [-0.05, 0) is 12.1 Å². The lowest BCUT2D eigenvalue weighted by atomic mass is 10.4. The number of hydrogen-bond acceptors (Lipinski definition) is 4. The number of carbonyl (C=O) groups is 1. The number of amides is 1. The molecule has 0 N–H and O–H groups in total. The minimum atomic E-state index is -3.65. The van der Waals surface area contributed by atoms with E-state index in [4.69, 9.17) is 0 Å². The quantitative estimate of drug-likeness (QED) is 0.667. The molecule has 0 aliphatic carbocycles. The van der Waals surface area contributed by atoms with Crippen LogP contribution >= 0.6 is 0 Å². The number of rotatable bonds is 1. The summed E-state index contributed by atoms with van der Waals surface area (Å²) in [6.07, 6.45) is 2.43. The first-order valence-corrected chi connectivity index (χ1v) is 5.30. The molecule has 14 heavy (non-hydrogen) atoms. The molecule has 5 nitrogen and oxygen atoms in total. The molecule has 1 aromatic rings. The van der Waals surface area contributed by atoms with Crippen LogP contribution in [-0.4, -0.2) is 19.3 Å². The van der Waals surface area contributed by atoms with Gasteiger partial charge < -0.3 is 0 Å². The number of aromatic nitrogens is 1. The Hall–Kier alpha value is -1.69. The zero-order valence-corrected chi connectivity index (χ0v) is 7.81. The van der Waals surface area contributed by atoms with E-state index >= 15 is 0 Å². The number of hydrogen-bond donors (Lipinski definition) is 0. The van der Waals surface area contributed by atoms with Crippen LogP contribution in [0, 0.1) is 0 Å². The van der Waals surface area contributed by atoms with Crippen molar-refractivity contribution in [3.8, 4) is 0 Å². The highest BCUT2D eigenvalue weighted by atomic mass is 32.2. The van der Waals surface area contributed by atoms with E-state index in [2.05, 4.69) is 4.98 Å². The van der Waals surface area contributed by atoms with Gasteiger partial charge >= 0.3 is 0 Å². The van der Waals surface area contributed by atoms with Crippen LogP contribution in [0.1, 0.15) is 0 Å². The lowest BCUT2D eigenvalue weighted by Crippen LogP contribution is -2.30. The first-order valence-electron chi connectivity index (χ1n) is 3.80. The zero-order valence-electron chi connectivity index (χ0n) is 6.99. The lowest BCUT2D eigenvalue weighted by molar-refractivity contribution is -0.112. The Labute approximate surface area is 80.7 Å². The van der Waals surface area contributed by atoms with E-state index in [0.717, 1.165) is 11.5 Å². The number of carbonyl (C=O) groups excluding carboxylic acids is 1. The average molecular weight is 210 g/mol. The second-order valence-electron chi connectivity index (χ2n) is 2.64. The van der Waals surface area contributed by atoms with E-state index in [1.807, 2.05) is 0 Å². The molecule has 6 heteroatoms. The van der Waals surface area contributed by atoms with Gasteiger partial charge in [0, 0.05) is 12.3 Å². The fourth-order valence-corrected chi connectivity index (χ4v) is 2.21. The number of pyridine rings is 1. The van der Waals surface area contributed by atoms with Crippen LogP contribution in [0.15, 0.2) is 35.9 Å². The Kier molecular flexibility index (Phi) is 1.85. The Balaban J connectivity index is 2.52. The van der Waals surface area contributed by atoms with Gasteiger partial charge in [0.2, 0.25) is 0 Å². The van der Waals surface area contributed by atoms with E-state index in [0.29, 0.717) is 4.31 Å². The molecule has 1 amide bonds. The molecule has 1 aliphatic rings. The molecule has 1 aromatic heterocycles. The van der Waals surface area contributed by atoms with Gasteiger partial charge in [0.05, 0.1) is 5.41 Å². The molecule has 0 fully saturated rings. The van der Waals surface area contributed by atoms with Gasteiger partial charge in [0.15, 0.2) is 0 Å². The van der Waals surface area contributed by atoms with Crippen LogP contribution in [0.3, 0.4) is 0 Å². The first-order chi connectivity index (χ1) is 6.61. The summed E-state index contributed by atoms with van der Waals surface area (Å²) in [6, 6.07) is 4.72. The van der Waals surface area contributed by atoms with E-state index in [1.165, 1.54) is 12.3 Å². The van der Waals surface area contributed by atoms with Crippen LogP contribution in [0.5, 0.6) is 0 Å². The van der Waals surface area contributed by atoms with Crippen molar-refractivity contribution in [2.75, 3.05) is 4.31 Å². The first kappa shape index (κ1) is 8.89. The Bertz CT molecular complexity index is 493. The normalized spacial score (nSPS) is 18.9. The zero-order chi connectivity index (χ0) is 10.2. The summed E-state index contributed by atoms with van der Waals surface area (Å²) in [7, 11) is -3.65. The third-order valence-corrected chi connectivity index (χ3v) is 3.05. The fraction of sp³-hybridized carbons (Fsp3) is 0. The smallest absolute Gasteiger partial charge is 0.267 e. The summed E-state index contributed by atoms with van der Waals surface area (Å²) in [6.45, 7) is 0. The van der Waals surface area contributed by atoms with Gasteiger partial charge in [-0.25, -0.2) is 13.4 Å². The minimum Gasteiger partial charge on any atom is -0.268 e. The van der Waals surface area contributed by atoms with E-state index in [-0.39, 0.29) is 5.82 Å². The summed E-state index contributed by atoms with van der Waals surface area (Å²) in [4.78, 5) is 15.0. The summed E-state index contributed by atoms with van der Waals surface area (Å²) >= 11 is 0. The monoisotopic (exact) mass is 210 g/mol. The standard InChI is InChI=1S/C8H6N2O3S/c11-8-4-6-14(12,13)10(8)7-3-1-2-5-9-7/h1-6H. The summed E-state index contributed by atoms with van der Waals surface area (Å²) < 4.78 is 23.4. The Morgan fingerprint density at radius 2 is 2.07 bits per heavy atom. The van der Waals surface area contributed by atoms with Gasteiger partial charge in [-0.3, -0.25) is 4.79 Å². The maximum absolute atomic E-state index is 11.4. The molecule has 1 aliphatic heterocycles. The molecule has 2 rings (SSSR count). The molecular weight excluding hydrogens is 204 g/mol. The van der Waals surface area contributed by atoms with Gasteiger partial charge in [-0.1, -0.05) is 6.07 Å². The van der Waals surface area contributed by atoms with Gasteiger partial charge in [0.25, 0.3) is 15.9 Å². The van der Waals surface area contributed by atoms with Crippen molar-refractivity contribution in [1.82, 2.24) is 4.98 Å². The average Bonchev–Trinajstić information content (AvgIpc) is 2.42. The number of anilines is 1. The molecule has 0 saturated carbocycles. The third kappa shape index (κ3) is 1.29. The number of sulfonamides is 1. The molecule has 0 aromatic carbocycles. The number of nitrogens with zero attached hydrogens (tertiary/aromatic N) is 2. The molecule has 0 atom stereocenters. The maximum atomic E-state index is 11.4. The van der Waals surface area contributed by atoms with Crippen molar-refractivity contribution < 1.29 is 13.2 Å². The van der Waals surface area contributed by atoms with Crippen molar-refractivity contribution >= 4 is 21.7 Å². The van der Waals surface area contributed by atoms with Crippen LogP contribution in [-0.2, 0) is 14.8 Å². The Morgan fingerprint density at radius 1 is 1.29 bits per heavy atom. The molecule has 72 valence electrons. The highest BCUT2D eigenvalue weighted by molar-refractivity contribution is 7.96. The van der Waals surface area contributed by atoms with Crippen LogP contribution in [0.4, 0.5) is 5.82 Å². The molecule has 0 unspecified atom stereocenters. The molecule has 0 spiro atoms. The second-order valence-corrected chi connectivity index (χ2v) is 4.31. The predicted octanol–water partition coefficient (Wildman–Crippen LogP) is 0.272. The highest BCUT2D eigenvalue weighted by Gasteiger charge is 2.31. The second kappa shape index (κ2) is 2.91. The van der Waals surface area contributed by atoms with Gasteiger partial charge in [0.1, 0.15) is 5.82 Å². The Morgan fingerprint density at radius 3 is 2.57 bits per heavy atom. The summed E-state index contributed by atoms with van der Waals surface area (Å²) in [5.74, 6) is -0.480. The third-order valence-electron chi connectivity index (χ3n) is 1.69. The SMILES string of the molecule is O=C1C=CS(=O)(=O)N1c1ccccn1. The van der Waals surface area contributed by atoms with Crippen molar-refractivity contribution in [1.29, 1.82) is 0 Å². The largest absolute Gasteiger partial charge is 0.268 e. The summed E-state index contributed by atoms with van der Waals surface area (Å²) in [5, 5.41) is 0.865. The van der Waals surface area contributed by atoms with Crippen molar-refractivity contribution in [3.05, 3.63) is 35.9 Å². The van der Waals surface area contributed by atoms with Gasteiger partial charge in [-0.2, -0.15) is 4.31 Å². The molecule has 0 saturated heterocycles. The molecular formula is C8H6N2O3S. The van der Waals surface area contributed by atoms with Crippen LogP contribution < -0.4 is 4.31 Å². The lowest BCUT2D eigenvalue weighted by Gasteiger charge is -2.12. The highest BCUT2D eigenvalue weighted by Crippen LogP contribution is 2.20. The predicted molar refractivity (Wildman–Crippen MR) is 49.8 cm³/mol. The molecule has 0 bridgehead atoms. The van der Waals surface area contributed by atoms with Crippen molar-refractivity contribution in [2.24, 2.45) is 0 Å². The van der Waals surface area contributed by atoms with Crippen LogP contribution in [0.25, 0.3) is 0 Å². The van der Waals surface area contributed by atoms with Crippen LogP contribution in [0.2, 0.25) is 0 Å². The summed E-state index contributed by atoms with van der Waals surface area (Å²) in [5.41, 5.74) is 0. The van der Waals surface area contributed by atoms with E-state index in [9.17, 15) is 13.2 Å². The van der Waals surface area contributed by atoms with Gasteiger partial charge in [-0.15, -0.1) is 0 Å². The maximum Gasteiger partial charge on any atom is 0.267 e.